The van der Waals surface area contributed by atoms with Crippen LogP contribution in [0.1, 0.15) is 34.2 Å². The molecule has 2 aromatic heterocycles. The minimum atomic E-state index is -0.473. The van der Waals surface area contributed by atoms with Crippen molar-refractivity contribution in [2.45, 2.75) is 39.1 Å². The molecule has 0 aliphatic carbocycles. The molecule has 2 heterocycles. The monoisotopic (exact) mass is 562 g/mol. The quantitative estimate of drug-likeness (QED) is 0.123. The number of anilines is 1. The molecule has 0 atom stereocenters. The van der Waals surface area contributed by atoms with Gasteiger partial charge < -0.3 is 14.8 Å². The highest BCUT2D eigenvalue weighted by Crippen LogP contribution is 2.36. The third-order valence-electron chi connectivity index (χ3n) is 5.89. The van der Waals surface area contributed by atoms with Crippen molar-refractivity contribution in [3.05, 3.63) is 89.1 Å². The first kappa shape index (κ1) is 28.1. The molecule has 1 amide bonds. The number of hydrogen-bond acceptors (Lipinski definition) is 8. The van der Waals surface area contributed by atoms with Gasteiger partial charge in [0.25, 0.3) is 0 Å². The van der Waals surface area contributed by atoms with Crippen molar-refractivity contribution in [2.75, 3.05) is 17.7 Å². The molecule has 0 bridgehead atoms. The molecular formula is C29H30N4O4S2. The summed E-state index contributed by atoms with van der Waals surface area (Å²) in [7, 11) is 0. The number of carbonyl (C=O) groups excluding carboxylic acids is 2. The highest BCUT2D eigenvalue weighted by Gasteiger charge is 2.23. The van der Waals surface area contributed by atoms with E-state index in [1.807, 2.05) is 65.4 Å². The summed E-state index contributed by atoms with van der Waals surface area (Å²) in [5.41, 5.74) is 4.30. The van der Waals surface area contributed by atoms with Gasteiger partial charge in [-0.05, 0) is 49.6 Å². The average Bonchev–Trinajstić information content (AvgIpc) is 3.53. The van der Waals surface area contributed by atoms with Crippen molar-refractivity contribution in [1.82, 2.24) is 14.8 Å². The van der Waals surface area contributed by atoms with E-state index in [4.69, 9.17) is 9.47 Å². The van der Waals surface area contributed by atoms with Crippen LogP contribution in [0.3, 0.4) is 0 Å². The Morgan fingerprint density at radius 2 is 1.92 bits per heavy atom. The lowest BCUT2D eigenvalue weighted by Crippen LogP contribution is -2.17. The van der Waals surface area contributed by atoms with Crippen LogP contribution in [0.25, 0.3) is 11.1 Å². The zero-order valence-corrected chi connectivity index (χ0v) is 23.7. The Labute approximate surface area is 236 Å². The topological polar surface area (TPSA) is 95.3 Å². The molecule has 4 rings (SSSR count). The zero-order chi connectivity index (χ0) is 27.8. The number of thioether (sulfide) groups is 1. The van der Waals surface area contributed by atoms with Gasteiger partial charge in [-0.2, -0.15) is 0 Å². The lowest BCUT2D eigenvalue weighted by molar-refractivity contribution is -0.113. The van der Waals surface area contributed by atoms with Crippen molar-refractivity contribution in [1.29, 1.82) is 0 Å². The van der Waals surface area contributed by atoms with Crippen molar-refractivity contribution < 1.29 is 19.1 Å². The number of aryl methyl sites for hydroxylation is 2. The van der Waals surface area contributed by atoms with Crippen LogP contribution in [0.4, 0.5) is 5.00 Å². The summed E-state index contributed by atoms with van der Waals surface area (Å²) < 4.78 is 13.1. The Balaban J connectivity index is 1.44. The van der Waals surface area contributed by atoms with Gasteiger partial charge in [0.1, 0.15) is 22.9 Å². The van der Waals surface area contributed by atoms with E-state index in [9.17, 15) is 9.59 Å². The van der Waals surface area contributed by atoms with Crippen LogP contribution in [0.5, 0.6) is 5.75 Å². The maximum absolute atomic E-state index is 12.9. The zero-order valence-electron chi connectivity index (χ0n) is 22.1. The molecule has 2 aromatic carbocycles. The Bertz CT molecular complexity index is 1460. The second-order valence-electron chi connectivity index (χ2n) is 8.61. The molecule has 0 saturated heterocycles. The number of nitrogens with one attached hydrogen (secondary N) is 1. The molecule has 39 heavy (non-hydrogen) atoms. The number of ether oxygens (including phenoxy) is 2. The van der Waals surface area contributed by atoms with Gasteiger partial charge in [0.05, 0.1) is 12.4 Å². The smallest absolute Gasteiger partial charge is 0.341 e. The van der Waals surface area contributed by atoms with Crippen molar-refractivity contribution in [3.8, 4) is 16.9 Å². The van der Waals surface area contributed by atoms with Crippen LogP contribution in [-0.4, -0.2) is 39.0 Å². The molecule has 0 radical (unpaired) electrons. The van der Waals surface area contributed by atoms with Gasteiger partial charge >= 0.3 is 5.97 Å². The third-order valence-corrected chi connectivity index (χ3v) is 7.75. The molecule has 0 spiro atoms. The summed E-state index contributed by atoms with van der Waals surface area (Å²) in [6.07, 6.45) is 1.75. The Hall–Kier alpha value is -3.89. The summed E-state index contributed by atoms with van der Waals surface area (Å²) >= 11 is 2.54. The number of benzene rings is 2. The molecule has 0 fully saturated rings. The predicted octanol–water partition coefficient (Wildman–Crippen LogP) is 6.30. The van der Waals surface area contributed by atoms with Crippen molar-refractivity contribution in [2.24, 2.45) is 0 Å². The number of nitrogens with zero attached hydrogens (tertiary/aromatic N) is 3. The first-order valence-electron chi connectivity index (χ1n) is 12.4. The Morgan fingerprint density at radius 1 is 1.13 bits per heavy atom. The van der Waals surface area contributed by atoms with Gasteiger partial charge in [0.15, 0.2) is 11.0 Å². The summed E-state index contributed by atoms with van der Waals surface area (Å²) in [5, 5.41) is 14.3. The first-order chi connectivity index (χ1) is 18.9. The van der Waals surface area contributed by atoms with Crippen LogP contribution in [0.15, 0.2) is 71.7 Å². The molecule has 8 nitrogen and oxygen atoms in total. The van der Waals surface area contributed by atoms with E-state index < -0.39 is 5.97 Å². The largest absolute Gasteiger partial charge is 0.486 e. The van der Waals surface area contributed by atoms with E-state index in [1.54, 1.807) is 13.0 Å². The molecule has 0 unspecified atom stereocenters. The van der Waals surface area contributed by atoms with Gasteiger partial charge in [-0.1, -0.05) is 54.2 Å². The van der Waals surface area contributed by atoms with Gasteiger partial charge in [-0.15, -0.1) is 28.1 Å². The van der Waals surface area contributed by atoms with E-state index >= 15 is 0 Å². The SMILES string of the molecule is C=CCn1c(COc2ccc(C)c(C)c2)nnc1SCC(=O)Nc1scc(-c2ccccc2)c1C(=O)OCC. The number of aromatic nitrogens is 3. The molecule has 202 valence electrons. The van der Waals surface area contributed by atoms with E-state index in [2.05, 4.69) is 29.0 Å². The fraction of sp³-hybridized carbons (Fsp3) is 0.241. The van der Waals surface area contributed by atoms with Gasteiger partial charge in [-0.25, -0.2) is 4.79 Å². The van der Waals surface area contributed by atoms with E-state index in [0.29, 0.717) is 28.1 Å². The average molecular weight is 563 g/mol. The molecular weight excluding hydrogens is 532 g/mol. The van der Waals surface area contributed by atoms with Crippen LogP contribution < -0.4 is 10.1 Å². The summed E-state index contributed by atoms with van der Waals surface area (Å²) in [6, 6.07) is 15.5. The minimum absolute atomic E-state index is 0.0775. The first-order valence-corrected chi connectivity index (χ1v) is 14.3. The molecule has 0 saturated carbocycles. The number of carbonyl (C=O) groups is 2. The van der Waals surface area contributed by atoms with Gasteiger partial charge in [0.2, 0.25) is 5.91 Å². The van der Waals surface area contributed by atoms with Crippen LogP contribution in [0.2, 0.25) is 0 Å². The number of esters is 1. The van der Waals surface area contributed by atoms with Crippen molar-refractivity contribution >= 4 is 40.0 Å². The predicted molar refractivity (Wildman–Crippen MR) is 156 cm³/mol. The minimum Gasteiger partial charge on any atom is -0.486 e. The van der Waals surface area contributed by atoms with Crippen LogP contribution in [-0.2, 0) is 22.7 Å². The lowest BCUT2D eigenvalue weighted by Gasteiger charge is -2.11. The maximum Gasteiger partial charge on any atom is 0.341 e. The maximum atomic E-state index is 12.9. The summed E-state index contributed by atoms with van der Waals surface area (Å²) in [4.78, 5) is 25.7. The second-order valence-corrected chi connectivity index (χ2v) is 10.4. The number of amides is 1. The summed E-state index contributed by atoms with van der Waals surface area (Å²) in [5.74, 6) is 0.718. The number of allylic oxidation sites excluding steroid dienone is 1. The lowest BCUT2D eigenvalue weighted by atomic mass is 10.0. The van der Waals surface area contributed by atoms with E-state index in [-0.39, 0.29) is 24.9 Å². The fourth-order valence-electron chi connectivity index (χ4n) is 3.78. The van der Waals surface area contributed by atoms with Gasteiger partial charge in [0, 0.05) is 17.5 Å². The normalized spacial score (nSPS) is 10.7. The third kappa shape index (κ3) is 6.96. The summed E-state index contributed by atoms with van der Waals surface area (Å²) in [6.45, 7) is 10.6. The molecule has 4 aromatic rings. The Morgan fingerprint density at radius 3 is 2.64 bits per heavy atom. The second kappa shape index (κ2) is 13.3. The number of hydrogen-bond donors (Lipinski definition) is 1. The van der Waals surface area contributed by atoms with Gasteiger partial charge in [-0.3, -0.25) is 9.36 Å². The van der Waals surface area contributed by atoms with Crippen LogP contribution >= 0.6 is 23.1 Å². The Kier molecular flexibility index (Phi) is 9.56. The molecule has 1 N–H and O–H groups in total. The fourth-order valence-corrected chi connectivity index (χ4v) is 5.52. The molecule has 10 heteroatoms. The van der Waals surface area contributed by atoms with Crippen LogP contribution in [0, 0.1) is 13.8 Å². The highest BCUT2D eigenvalue weighted by atomic mass is 32.2. The molecule has 0 aliphatic rings. The number of thiophene rings is 1. The number of rotatable bonds is 12. The van der Waals surface area contributed by atoms with E-state index in [1.165, 1.54) is 28.7 Å². The molecule has 0 aliphatic heterocycles. The van der Waals surface area contributed by atoms with Crippen molar-refractivity contribution in [3.63, 3.8) is 0 Å². The highest BCUT2D eigenvalue weighted by molar-refractivity contribution is 7.99. The standard InChI is InChI=1S/C29H30N4O4S2/c1-5-14-33-24(16-37-22-13-12-19(3)20(4)15-22)31-32-29(33)39-18-25(34)30-27-26(28(35)36-6-2)23(17-38-27)21-10-8-7-9-11-21/h5,7-13,15,17H,1,6,14,16,18H2,2-4H3,(H,30,34). The van der Waals surface area contributed by atoms with E-state index in [0.717, 1.165) is 22.4 Å².